The molecule has 0 radical (unpaired) electrons. The van der Waals surface area contributed by atoms with Gasteiger partial charge in [-0.05, 0) is 31.2 Å². The number of hydrogen-bond donors (Lipinski definition) is 1. The lowest BCUT2D eigenvalue weighted by Crippen LogP contribution is -2.24. The maximum Gasteiger partial charge on any atom is 0.340 e. The minimum absolute atomic E-state index is 0.0857. The number of hydrogen-bond acceptors (Lipinski definition) is 5. The molecule has 0 saturated heterocycles. The summed E-state index contributed by atoms with van der Waals surface area (Å²) < 4.78 is 5.20. The van der Waals surface area contributed by atoms with E-state index in [1.165, 1.54) is 31.3 Å². The summed E-state index contributed by atoms with van der Waals surface area (Å²) >= 11 is 13.1. The molecule has 1 aromatic heterocycles. The molecule has 2 aromatic rings. The number of thiophene rings is 1. The molecule has 0 spiro atoms. The highest BCUT2D eigenvalue weighted by atomic mass is 35.5. The predicted octanol–water partition coefficient (Wildman–Crippen LogP) is 4.12. The van der Waals surface area contributed by atoms with E-state index in [0.717, 1.165) is 4.88 Å². The number of nitrogens with one attached hydrogen (secondary N) is 1. The Kier molecular flexibility index (Phi) is 6.58. The van der Waals surface area contributed by atoms with E-state index >= 15 is 0 Å². The van der Waals surface area contributed by atoms with E-state index in [0.29, 0.717) is 11.4 Å². The third-order valence-electron chi connectivity index (χ3n) is 3.24. The smallest absolute Gasteiger partial charge is 0.340 e. The highest BCUT2D eigenvalue weighted by molar-refractivity contribution is 7.14. The highest BCUT2D eigenvalue weighted by Gasteiger charge is 2.23. The fourth-order valence-electron chi connectivity index (χ4n) is 1.96. The van der Waals surface area contributed by atoms with Gasteiger partial charge < -0.3 is 10.1 Å². The fraction of sp³-hybridized carbons (Fsp3) is 0.235. The van der Waals surface area contributed by atoms with Crippen LogP contribution in [-0.4, -0.2) is 23.8 Å². The molecule has 8 heteroatoms. The molecule has 2 rings (SSSR count). The Hall–Kier alpha value is -1.89. The summed E-state index contributed by atoms with van der Waals surface area (Å²) in [5, 5.41) is 2.97. The topological polar surface area (TPSA) is 72.5 Å². The number of carbonyl (C=O) groups excluding carboxylic acids is 3. The Labute approximate surface area is 158 Å². The van der Waals surface area contributed by atoms with Crippen molar-refractivity contribution in [2.45, 2.75) is 26.5 Å². The van der Waals surface area contributed by atoms with Gasteiger partial charge in [-0.3, -0.25) is 9.59 Å². The molecule has 1 amide bonds. The molecule has 1 heterocycles. The van der Waals surface area contributed by atoms with Gasteiger partial charge in [-0.25, -0.2) is 4.79 Å². The van der Waals surface area contributed by atoms with Crippen LogP contribution in [0.3, 0.4) is 0 Å². The Morgan fingerprint density at radius 2 is 1.92 bits per heavy atom. The second-order valence-corrected chi connectivity index (χ2v) is 7.14. The fourth-order valence-corrected chi connectivity index (χ4v) is 3.30. The van der Waals surface area contributed by atoms with E-state index in [-0.39, 0.29) is 27.3 Å². The molecule has 1 N–H and O–H groups in total. The molecule has 0 aliphatic heterocycles. The van der Waals surface area contributed by atoms with Crippen LogP contribution in [0.4, 0.5) is 0 Å². The lowest BCUT2D eigenvalue weighted by Gasteiger charge is -2.12. The molecule has 0 aliphatic carbocycles. The summed E-state index contributed by atoms with van der Waals surface area (Å²) in [7, 11) is 0. The number of ketones is 1. The van der Waals surface area contributed by atoms with Gasteiger partial charge in [0.05, 0.1) is 27.0 Å². The van der Waals surface area contributed by atoms with Gasteiger partial charge in [0.2, 0.25) is 11.7 Å². The van der Waals surface area contributed by atoms with Crippen LogP contribution in [0.5, 0.6) is 0 Å². The minimum atomic E-state index is -0.977. The van der Waals surface area contributed by atoms with Crippen LogP contribution in [0.2, 0.25) is 10.0 Å². The van der Waals surface area contributed by atoms with Gasteiger partial charge in [0.1, 0.15) is 0 Å². The van der Waals surface area contributed by atoms with Crippen molar-refractivity contribution in [2.75, 3.05) is 0 Å². The van der Waals surface area contributed by atoms with Crippen LogP contribution >= 0.6 is 34.5 Å². The number of halogens is 2. The standard InChI is InChI=1S/C17H15Cl2NO4S/c1-9(24-17(23)12-4-3-5-13(18)15(12)19)16(22)14-7-6-11(25-14)8-20-10(2)21/h3-7,9H,8H2,1-2H3,(H,20,21). The van der Waals surface area contributed by atoms with Crippen molar-refractivity contribution >= 4 is 52.2 Å². The van der Waals surface area contributed by atoms with Crippen molar-refractivity contribution < 1.29 is 19.1 Å². The van der Waals surface area contributed by atoms with Crippen molar-refractivity contribution in [2.24, 2.45) is 0 Å². The summed E-state index contributed by atoms with van der Waals surface area (Å²) in [5.41, 5.74) is 0.103. The van der Waals surface area contributed by atoms with Crippen molar-refractivity contribution in [3.63, 3.8) is 0 Å². The van der Waals surface area contributed by atoms with E-state index in [9.17, 15) is 14.4 Å². The lowest BCUT2D eigenvalue weighted by atomic mass is 10.2. The monoisotopic (exact) mass is 399 g/mol. The average Bonchev–Trinajstić information content (AvgIpc) is 3.03. The zero-order chi connectivity index (χ0) is 18.6. The molecule has 0 fully saturated rings. The van der Waals surface area contributed by atoms with Crippen LogP contribution in [-0.2, 0) is 16.1 Å². The zero-order valence-corrected chi connectivity index (χ0v) is 15.8. The van der Waals surface area contributed by atoms with Crippen LogP contribution in [0.1, 0.15) is 38.8 Å². The van der Waals surface area contributed by atoms with Crippen molar-refractivity contribution in [3.8, 4) is 0 Å². The third kappa shape index (κ3) is 5.04. The number of Topliss-reactive ketones (excluding diaryl/α,β-unsaturated/α-hetero) is 1. The summed E-state index contributed by atoms with van der Waals surface area (Å²) in [5.74, 6) is -1.20. The number of ether oxygens (including phenoxy) is 1. The number of esters is 1. The molecule has 5 nitrogen and oxygen atoms in total. The van der Waals surface area contributed by atoms with Crippen LogP contribution in [0.15, 0.2) is 30.3 Å². The molecule has 0 saturated carbocycles. The van der Waals surface area contributed by atoms with Gasteiger partial charge in [0.15, 0.2) is 6.10 Å². The van der Waals surface area contributed by atoms with E-state index in [4.69, 9.17) is 27.9 Å². The van der Waals surface area contributed by atoms with Gasteiger partial charge in [0.25, 0.3) is 0 Å². The number of amides is 1. The molecular weight excluding hydrogens is 385 g/mol. The number of rotatable bonds is 6. The van der Waals surface area contributed by atoms with Crippen LogP contribution < -0.4 is 5.32 Å². The first-order valence-electron chi connectivity index (χ1n) is 7.32. The Morgan fingerprint density at radius 3 is 2.60 bits per heavy atom. The molecule has 0 aliphatic rings. The molecule has 1 unspecified atom stereocenters. The third-order valence-corrected chi connectivity index (χ3v) is 5.16. The molecule has 0 bridgehead atoms. The first-order chi connectivity index (χ1) is 11.8. The molecular formula is C17H15Cl2NO4S. The normalized spacial score (nSPS) is 11.7. The molecule has 132 valence electrons. The zero-order valence-electron chi connectivity index (χ0n) is 13.5. The minimum Gasteiger partial charge on any atom is -0.451 e. The van der Waals surface area contributed by atoms with E-state index in [1.54, 1.807) is 24.3 Å². The quantitative estimate of drug-likeness (QED) is 0.585. The highest BCUT2D eigenvalue weighted by Crippen LogP contribution is 2.27. The summed E-state index contributed by atoms with van der Waals surface area (Å²) in [6.45, 7) is 3.26. The Bertz CT molecular complexity index is 819. The van der Waals surface area contributed by atoms with Crippen molar-refractivity contribution in [1.29, 1.82) is 0 Å². The van der Waals surface area contributed by atoms with E-state index in [2.05, 4.69) is 5.32 Å². The Balaban J connectivity index is 2.03. The maximum absolute atomic E-state index is 12.4. The van der Waals surface area contributed by atoms with Gasteiger partial charge >= 0.3 is 5.97 Å². The van der Waals surface area contributed by atoms with Gasteiger partial charge in [0, 0.05) is 11.8 Å². The van der Waals surface area contributed by atoms with E-state index in [1.807, 2.05) is 0 Å². The van der Waals surface area contributed by atoms with E-state index < -0.39 is 12.1 Å². The van der Waals surface area contributed by atoms with Crippen molar-refractivity contribution in [1.82, 2.24) is 5.32 Å². The van der Waals surface area contributed by atoms with Gasteiger partial charge in [-0.15, -0.1) is 11.3 Å². The first-order valence-corrected chi connectivity index (χ1v) is 8.89. The largest absolute Gasteiger partial charge is 0.451 e. The first kappa shape index (κ1) is 19.4. The van der Waals surface area contributed by atoms with Crippen molar-refractivity contribution in [3.05, 3.63) is 55.7 Å². The summed E-state index contributed by atoms with van der Waals surface area (Å²) in [4.78, 5) is 36.8. The van der Waals surface area contributed by atoms with Crippen LogP contribution in [0, 0.1) is 0 Å². The van der Waals surface area contributed by atoms with Crippen LogP contribution in [0.25, 0.3) is 0 Å². The summed E-state index contributed by atoms with van der Waals surface area (Å²) in [6, 6.07) is 7.99. The van der Waals surface area contributed by atoms with Gasteiger partial charge in [-0.1, -0.05) is 29.3 Å². The lowest BCUT2D eigenvalue weighted by molar-refractivity contribution is -0.119. The predicted molar refractivity (Wildman–Crippen MR) is 97.5 cm³/mol. The molecule has 1 aromatic carbocycles. The average molecular weight is 400 g/mol. The molecule has 25 heavy (non-hydrogen) atoms. The molecule has 1 atom stereocenters. The maximum atomic E-state index is 12.4. The number of carbonyl (C=O) groups is 3. The SMILES string of the molecule is CC(=O)NCc1ccc(C(=O)C(C)OC(=O)c2cccc(Cl)c2Cl)s1. The number of benzene rings is 1. The van der Waals surface area contributed by atoms with Gasteiger partial charge in [-0.2, -0.15) is 0 Å². The Morgan fingerprint density at radius 1 is 1.20 bits per heavy atom. The second kappa shape index (κ2) is 8.47. The second-order valence-electron chi connectivity index (χ2n) is 5.19. The summed E-state index contributed by atoms with van der Waals surface area (Å²) in [6.07, 6.45) is -0.977.